The van der Waals surface area contributed by atoms with E-state index in [0.29, 0.717) is 23.7 Å². The van der Waals surface area contributed by atoms with E-state index in [9.17, 15) is 9.90 Å². The molecule has 1 aliphatic carbocycles. The smallest absolute Gasteiger partial charge is 0.347 e. The molecular weight excluding hydrogens is 414 g/mol. The van der Waals surface area contributed by atoms with Gasteiger partial charge in [0.05, 0.1) is 12.3 Å². The standard InChI is InChI=1S/C27H29N3O3/c31-26(27(32)24-9-3-1-7-22(24)23-8-2-4-10-25(23)27)33-19-20-11-16-30(17-12-20)15-5-6-21-18-28-13-14-29-21/h1-4,7-10,13-14,18,20,32H,5-6,11-12,15-17,19H2. The molecular formula is C27H29N3O3. The highest BCUT2D eigenvalue weighted by atomic mass is 16.5. The number of nitrogens with zero attached hydrogens (tertiary/aromatic N) is 3. The van der Waals surface area contributed by atoms with Crippen molar-refractivity contribution in [2.24, 2.45) is 5.92 Å². The Kier molecular flexibility index (Phi) is 6.20. The van der Waals surface area contributed by atoms with Crippen molar-refractivity contribution in [2.45, 2.75) is 31.3 Å². The molecule has 6 heteroatoms. The Balaban J connectivity index is 1.14. The first-order valence-corrected chi connectivity index (χ1v) is 11.7. The van der Waals surface area contributed by atoms with Gasteiger partial charge in [-0.3, -0.25) is 9.97 Å². The van der Waals surface area contributed by atoms with Crippen LogP contribution in [0, 0.1) is 5.92 Å². The van der Waals surface area contributed by atoms with Crippen LogP contribution in [0.5, 0.6) is 0 Å². The summed E-state index contributed by atoms with van der Waals surface area (Å²) in [5, 5.41) is 11.5. The van der Waals surface area contributed by atoms with Gasteiger partial charge in [0, 0.05) is 29.7 Å². The summed E-state index contributed by atoms with van der Waals surface area (Å²) < 4.78 is 5.73. The molecule has 170 valence electrons. The molecule has 0 radical (unpaired) electrons. The van der Waals surface area contributed by atoms with E-state index in [1.165, 1.54) is 0 Å². The van der Waals surface area contributed by atoms with Crippen LogP contribution in [0.1, 0.15) is 36.1 Å². The summed E-state index contributed by atoms with van der Waals surface area (Å²) in [6, 6.07) is 15.1. The number of fused-ring (bicyclic) bond motifs is 3. The summed E-state index contributed by atoms with van der Waals surface area (Å²) in [5.41, 5.74) is 2.29. The first kappa shape index (κ1) is 21.7. The molecule has 3 aromatic rings. The zero-order valence-electron chi connectivity index (χ0n) is 18.7. The monoisotopic (exact) mass is 443 g/mol. The van der Waals surface area contributed by atoms with E-state index < -0.39 is 11.6 Å². The second kappa shape index (κ2) is 9.41. The van der Waals surface area contributed by atoms with Crippen molar-refractivity contribution in [3.8, 4) is 11.1 Å². The fourth-order valence-corrected chi connectivity index (χ4v) is 5.05. The molecule has 1 fully saturated rings. The van der Waals surface area contributed by atoms with Crippen LogP contribution in [0.25, 0.3) is 11.1 Å². The quantitative estimate of drug-likeness (QED) is 0.563. The molecule has 5 rings (SSSR count). The summed E-state index contributed by atoms with van der Waals surface area (Å²) in [4.78, 5) is 24.1. The number of hydrogen-bond donors (Lipinski definition) is 1. The maximum absolute atomic E-state index is 13.2. The van der Waals surface area contributed by atoms with E-state index in [1.54, 1.807) is 12.4 Å². The Labute approximate surface area is 194 Å². The maximum atomic E-state index is 13.2. The lowest BCUT2D eigenvalue weighted by molar-refractivity contribution is -0.163. The Hall–Kier alpha value is -3.09. The highest BCUT2D eigenvalue weighted by Crippen LogP contribution is 2.47. The number of carbonyl (C=O) groups excluding carboxylic acids is 1. The highest BCUT2D eigenvalue weighted by Gasteiger charge is 2.49. The minimum atomic E-state index is -1.74. The number of aliphatic hydroxyl groups is 1. The van der Waals surface area contributed by atoms with Crippen molar-refractivity contribution in [2.75, 3.05) is 26.2 Å². The number of benzene rings is 2. The molecule has 0 saturated carbocycles. The number of aryl methyl sites for hydroxylation is 1. The van der Waals surface area contributed by atoms with Gasteiger partial charge in [0.1, 0.15) is 0 Å². The molecule has 0 unspecified atom stereocenters. The van der Waals surface area contributed by atoms with Gasteiger partial charge in [-0.2, -0.15) is 0 Å². The Morgan fingerprint density at radius 3 is 2.33 bits per heavy atom. The second-order valence-electron chi connectivity index (χ2n) is 8.99. The average molecular weight is 444 g/mol. The molecule has 1 aromatic heterocycles. The molecule has 1 aliphatic heterocycles. The molecule has 1 saturated heterocycles. The van der Waals surface area contributed by atoms with Crippen LogP contribution >= 0.6 is 0 Å². The number of aromatic nitrogens is 2. The van der Waals surface area contributed by atoms with Crippen LogP contribution in [0.3, 0.4) is 0 Å². The lowest BCUT2D eigenvalue weighted by atomic mass is 9.91. The third-order valence-corrected chi connectivity index (χ3v) is 6.90. The van der Waals surface area contributed by atoms with Gasteiger partial charge >= 0.3 is 5.97 Å². The van der Waals surface area contributed by atoms with E-state index in [-0.39, 0.29) is 0 Å². The predicted octanol–water partition coefficient (Wildman–Crippen LogP) is 3.58. The van der Waals surface area contributed by atoms with E-state index in [0.717, 1.165) is 62.1 Å². The molecule has 2 heterocycles. The van der Waals surface area contributed by atoms with Gasteiger partial charge in [0.15, 0.2) is 0 Å². The van der Waals surface area contributed by atoms with Crippen LogP contribution in [-0.4, -0.2) is 52.2 Å². The minimum absolute atomic E-state index is 0.320. The summed E-state index contributed by atoms with van der Waals surface area (Å²) in [6.07, 6.45) is 9.24. The van der Waals surface area contributed by atoms with E-state index in [4.69, 9.17) is 4.74 Å². The lowest BCUT2D eigenvalue weighted by Crippen LogP contribution is -2.39. The van der Waals surface area contributed by atoms with Crippen molar-refractivity contribution >= 4 is 5.97 Å². The third kappa shape index (κ3) is 4.28. The van der Waals surface area contributed by atoms with Gasteiger partial charge in [0.25, 0.3) is 0 Å². The number of hydrogen-bond acceptors (Lipinski definition) is 6. The Bertz CT molecular complexity index is 1060. The first-order chi connectivity index (χ1) is 16.2. The van der Waals surface area contributed by atoms with Gasteiger partial charge in [-0.1, -0.05) is 48.5 Å². The van der Waals surface area contributed by atoms with Crippen molar-refractivity contribution in [3.63, 3.8) is 0 Å². The summed E-state index contributed by atoms with van der Waals surface area (Å²) in [6.45, 7) is 3.38. The van der Waals surface area contributed by atoms with Crippen LogP contribution in [0.2, 0.25) is 0 Å². The Morgan fingerprint density at radius 1 is 1.03 bits per heavy atom. The largest absolute Gasteiger partial charge is 0.463 e. The molecule has 2 aromatic carbocycles. The minimum Gasteiger partial charge on any atom is -0.463 e. The van der Waals surface area contributed by atoms with E-state index in [2.05, 4.69) is 14.9 Å². The van der Waals surface area contributed by atoms with Crippen molar-refractivity contribution in [1.82, 2.24) is 14.9 Å². The topological polar surface area (TPSA) is 75.5 Å². The van der Waals surface area contributed by atoms with Gasteiger partial charge in [-0.25, -0.2) is 4.79 Å². The molecule has 0 amide bonds. The zero-order valence-corrected chi connectivity index (χ0v) is 18.7. The lowest BCUT2D eigenvalue weighted by Gasteiger charge is -2.32. The first-order valence-electron chi connectivity index (χ1n) is 11.7. The molecule has 2 aliphatic rings. The number of piperidine rings is 1. The van der Waals surface area contributed by atoms with Gasteiger partial charge < -0.3 is 14.7 Å². The third-order valence-electron chi connectivity index (χ3n) is 6.90. The number of likely N-dealkylation sites (tertiary alicyclic amines) is 1. The van der Waals surface area contributed by atoms with E-state index in [1.807, 2.05) is 54.7 Å². The molecule has 1 N–H and O–H groups in total. The molecule has 0 atom stereocenters. The van der Waals surface area contributed by atoms with Crippen LogP contribution in [0.15, 0.2) is 67.1 Å². The summed E-state index contributed by atoms with van der Waals surface area (Å²) in [7, 11) is 0. The fourth-order valence-electron chi connectivity index (χ4n) is 5.05. The van der Waals surface area contributed by atoms with E-state index >= 15 is 0 Å². The molecule has 0 spiro atoms. The number of ether oxygens (including phenoxy) is 1. The summed E-state index contributed by atoms with van der Waals surface area (Å²) >= 11 is 0. The van der Waals surface area contributed by atoms with Crippen LogP contribution < -0.4 is 0 Å². The predicted molar refractivity (Wildman–Crippen MR) is 125 cm³/mol. The van der Waals surface area contributed by atoms with Crippen LogP contribution in [-0.2, 0) is 21.6 Å². The maximum Gasteiger partial charge on any atom is 0.347 e. The fraction of sp³-hybridized carbons (Fsp3) is 0.370. The van der Waals surface area contributed by atoms with Crippen molar-refractivity contribution < 1.29 is 14.6 Å². The van der Waals surface area contributed by atoms with Gasteiger partial charge in [0.2, 0.25) is 5.60 Å². The van der Waals surface area contributed by atoms with Crippen molar-refractivity contribution in [3.05, 3.63) is 83.9 Å². The average Bonchev–Trinajstić information content (AvgIpc) is 3.14. The zero-order chi connectivity index (χ0) is 22.7. The van der Waals surface area contributed by atoms with Crippen LogP contribution in [0.4, 0.5) is 0 Å². The second-order valence-corrected chi connectivity index (χ2v) is 8.99. The number of esters is 1. The molecule has 0 bridgehead atoms. The summed E-state index contributed by atoms with van der Waals surface area (Å²) in [5.74, 6) is -0.257. The highest BCUT2D eigenvalue weighted by molar-refractivity contribution is 5.96. The Morgan fingerprint density at radius 2 is 1.70 bits per heavy atom. The van der Waals surface area contributed by atoms with Crippen molar-refractivity contribution in [1.29, 1.82) is 0 Å². The van der Waals surface area contributed by atoms with Gasteiger partial charge in [-0.05, 0) is 62.4 Å². The number of rotatable bonds is 7. The number of carbonyl (C=O) groups is 1. The van der Waals surface area contributed by atoms with Gasteiger partial charge in [-0.15, -0.1) is 0 Å². The molecule has 6 nitrogen and oxygen atoms in total. The molecule has 33 heavy (non-hydrogen) atoms. The normalized spacial score (nSPS) is 17.4. The SMILES string of the molecule is O=C(OCC1CCN(CCCc2cnccn2)CC1)C1(O)c2ccccc2-c2ccccc21.